The van der Waals surface area contributed by atoms with Crippen LogP contribution in [0.2, 0.25) is 5.02 Å². The number of nitrogens with one attached hydrogen (secondary N) is 1. The molecular weight excluding hydrogens is 256 g/mol. The molecule has 6 heteroatoms. The van der Waals surface area contributed by atoms with E-state index in [2.05, 4.69) is 11.2 Å². The van der Waals surface area contributed by atoms with Crippen LogP contribution in [0.15, 0.2) is 18.2 Å². The topological polar surface area (TPSA) is 72.2 Å². The van der Waals surface area contributed by atoms with E-state index in [0.29, 0.717) is 6.42 Å². The number of carbonyl (C=O) groups is 1. The molecule has 18 heavy (non-hydrogen) atoms. The van der Waals surface area contributed by atoms with Gasteiger partial charge in [-0.3, -0.25) is 14.9 Å². The molecule has 1 unspecified atom stereocenters. The van der Waals surface area contributed by atoms with Crippen molar-refractivity contribution >= 4 is 23.2 Å². The Kier molecular flexibility index (Phi) is 4.69. The van der Waals surface area contributed by atoms with E-state index in [4.69, 9.17) is 18.0 Å². The van der Waals surface area contributed by atoms with Crippen LogP contribution in [-0.2, 0) is 0 Å². The molecule has 0 fully saturated rings. The van der Waals surface area contributed by atoms with Gasteiger partial charge in [0.1, 0.15) is 0 Å². The van der Waals surface area contributed by atoms with Crippen LogP contribution in [0.4, 0.5) is 5.69 Å². The lowest BCUT2D eigenvalue weighted by Crippen LogP contribution is -2.32. The van der Waals surface area contributed by atoms with Gasteiger partial charge in [-0.25, -0.2) is 0 Å². The van der Waals surface area contributed by atoms with Crippen LogP contribution in [-0.4, -0.2) is 16.9 Å². The minimum Gasteiger partial charge on any atom is -0.349 e. The summed E-state index contributed by atoms with van der Waals surface area (Å²) in [5.41, 5.74) is -0.121. The van der Waals surface area contributed by atoms with Gasteiger partial charge in [0.25, 0.3) is 11.6 Å². The number of non-ortho nitro benzene ring substituents is 1. The fraction of sp³-hybridized carbons (Fsp3) is 0.250. The first-order valence-electron chi connectivity index (χ1n) is 5.14. The predicted octanol–water partition coefficient (Wildman–Crippen LogP) is 2.39. The molecule has 1 aromatic carbocycles. The zero-order valence-corrected chi connectivity index (χ0v) is 10.4. The van der Waals surface area contributed by atoms with Crippen molar-refractivity contribution in [2.45, 2.75) is 19.4 Å². The first-order valence-corrected chi connectivity index (χ1v) is 5.51. The van der Waals surface area contributed by atoms with E-state index in [1.165, 1.54) is 12.1 Å². The molecule has 0 spiro atoms. The van der Waals surface area contributed by atoms with E-state index in [0.717, 1.165) is 6.07 Å². The van der Waals surface area contributed by atoms with Crippen LogP contribution < -0.4 is 5.32 Å². The highest BCUT2D eigenvalue weighted by Crippen LogP contribution is 2.22. The van der Waals surface area contributed by atoms with Crippen LogP contribution >= 0.6 is 11.6 Å². The van der Waals surface area contributed by atoms with Crippen molar-refractivity contribution in [3.8, 4) is 12.3 Å². The summed E-state index contributed by atoms with van der Waals surface area (Å²) in [4.78, 5) is 21.9. The third-order valence-corrected chi connectivity index (χ3v) is 2.54. The molecule has 0 saturated carbocycles. The summed E-state index contributed by atoms with van der Waals surface area (Å²) in [6.45, 7) is 1.74. The maximum atomic E-state index is 11.8. The molecule has 0 heterocycles. The molecule has 0 saturated heterocycles. The Morgan fingerprint density at radius 1 is 1.67 bits per heavy atom. The molecule has 1 amide bonds. The Hall–Kier alpha value is -2.06. The number of halogens is 1. The van der Waals surface area contributed by atoms with Crippen molar-refractivity contribution in [3.63, 3.8) is 0 Å². The van der Waals surface area contributed by atoms with E-state index in [9.17, 15) is 14.9 Å². The average Bonchev–Trinajstić information content (AvgIpc) is 2.29. The van der Waals surface area contributed by atoms with E-state index >= 15 is 0 Å². The number of nitrogens with zero attached hydrogens (tertiary/aromatic N) is 1. The van der Waals surface area contributed by atoms with Gasteiger partial charge in [0.2, 0.25) is 0 Å². The van der Waals surface area contributed by atoms with Crippen molar-refractivity contribution in [2.24, 2.45) is 0 Å². The summed E-state index contributed by atoms with van der Waals surface area (Å²) in [7, 11) is 0. The summed E-state index contributed by atoms with van der Waals surface area (Å²) in [5, 5.41) is 13.4. The zero-order chi connectivity index (χ0) is 13.7. The third-order valence-electron chi connectivity index (χ3n) is 2.21. The first-order chi connectivity index (χ1) is 8.45. The number of terminal acetylenes is 1. The number of hydrogen-bond donors (Lipinski definition) is 1. The highest BCUT2D eigenvalue weighted by molar-refractivity contribution is 6.33. The van der Waals surface area contributed by atoms with E-state index < -0.39 is 10.8 Å². The maximum Gasteiger partial charge on any atom is 0.270 e. The number of benzene rings is 1. The fourth-order valence-corrected chi connectivity index (χ4v) is 1.53. The quantitative estimate of drug-likeness (QED) is 0.517. The summed E-state index contributed by atoms with van der Waals surface area (Å²) in [6.07, 6.45) is 5.49. The van der Waals surface area contributed by atoms with E-state index in [-0.39, 0.29) is 22.3 Å². The fourth-order valence-electron chi connectivity index (χ4n) is 1.33. The number of hydrogen-bond acceptors (Lipinski definition) is 3. The molecule has 0 aromatic heterocycles. The van der Waals surface area contributed by atoms with Crippen molar-refractivity contribution < 1.29 is 9.72 Å². The molecule has 0 radical (unpaired) electrons. The Bertz CT molecular complexity index is 523. The normalized spacial score (nSPS) is 11.4. The van der Waals surface area contributed by atoms with Gasteiger partial charge in [0.15, 0.2) is 0 Å². The summed E-state index contributed by atoms with van der Waals surface area (Å²) < 4.78 is 0. The van der Waals surface area contributed by atoms with Crippen LogP contribution in [0, 0.1) is 22.5 Å². The lowest BCUT2D eigenvalue weighted by atomic mass is 10.1. The monoisotopic (exact) mass is 266 g/mol. The summed E-state index contributed by atoms with van der Waals surface area (Å²) in [6, 6.07) is 3.47. The maximum absolute atomic E-state index is 11.8. The zero-order valence-electron chi connectivity index (χ0n) is 9.64. The second-order valence-electron chi connectivity index (χ2n) is 3.70. The standard InChI is InChI=1S/C12H11ClN2O3/c1-3-4-8(2)14-12(16)10-7-9(15(17)18)5-6-11(10)13/h1,5-8H,4H2,2H3,(H,14,16). The molecule has 94 valence electrons. The van der Waals surface area contributed by atoms with Crippen molar-refractivity contribution in [1.29, 1.82) is 0 Å². The Morgan fingerprint density at radius 2 is 2.33 bits per heavy atom. The van der Waals surface area contributed by atoms with Crippen LogP contribution in [0.5, 0.6) is 0 Å². The van der Waals surface area contributed by atoms with E-state index in [1.807, 2.05) is 0 Å². The summed E-state index contributed by atoms with van der Waals surface area (Å²) >= 11 is 5.83. The van der Waals surface area contributed by atoms with Gasteiger partial charge in [-0.2, -0.15) is 0 Å². The number of nitro benzene ring substituents is 1. The largest absolute Gasteiger partial charge is 0.349 e. The SMILES string of the molecule is C#CCC(C)NC(=O)c1cc([N+](=O)[O-])ccc1Cl. The predicted molar refractivity (Wildman–Crippen MR) is 68.5 cm³/mol. The van der Waals surface area contributed by atoms with Crippen molar-refractivity contribution in [2.75, 3.05) is 0 Å². The van der Waals surface area contributed by atoms with Crippen molar-refractivity contribution in [1.82, 2.24) is 5.32 Å². The minimum absolute atomic E-state index is 0.0646. The molecular formula is C12H11ClN2O3. The lowest BCUT2D eigenvalue weighted by molar-refractivity contribution is -0.384. The van der Waals surface area contributed by atoms with Crippen LogP contribution in [0.25, 0.3) is 0 Å². The van der Waals surface area contributed by atoms with Gasteiger partial charge < -0.3 is 5.32 Å². The molecule has 1 atom stereocenters. The van der Waals surface area contributed by atoms with Gasteiger partial charge in [-0.05, 0) is 13.0 Å². The van der Waals surface area contributed by atoms with Crippen LogP contribution in [0.1, 0.15) is 23.7 Å². The van der Waals surface area contributed by atoms with Gasteiger partial charge in [0.05, 0.1) is 15.5 Å². The van der Waals surface area contributed by atoms with Gasteiger partial charge in [-0.1, -0.05) is 11.6 Å². The van der Waals surface area contributed by atoms with Gasteiger partial charge >= 0.3 is 0 Å². The van der Waals surface area contributed by atoms with Gasteiger partial charge in [-0.15, -0.1) is 12.3 Å². The highest BCUT2D eigenvalue weighted by atomic mass is 35.5. The highest BCUT2D eigenvalue weighted by Gasteiger charge is 2.16. The Labute approximate surface area is 109 Å². The first kappa shape index (κ1) is 14.0. The smallest absolute Gasteiger partial charge is 0.270 e. The average molecular weight is 267 g/mol. The molecule has 0 aliphatic carbocycles. The lowest BCUT2D eigenvalue weighted by Gasteiger charge is -2.11. The molecule has 1 rings (SSSR count). The van der Waals surface area contributed by atoms with Crippen molar-refractivity contribution in [3.05, 3.63) is 38.9 Å². The number of amides is 1. The van der Waals surface area contributed by atoms with E-state index in [1.54, 1.807) is 6.92 Å². The third kappa shape index (κ3) is 3.47. The number of rotatable bonds is 4. The molecule has 0 aliphatic rings. The van der Waals surface area contributed by atoms with Gasteiger partial charge in [0, 0.05) is 24.6 Å². The summed E-state index contributed by atoms with van der Waals surface area (Å²) in [5.74, 6) is 1.93. The molecule has 5 nitrogen and oxygen atoms in total. The number of nitro groups is 1. The molecule has 1 aromatic rings. The van der Waals surface area contributed by atoms with Crippen LogP contribution in [0.3, 0.4) is 0 Å². The Morgan fingerprint density at radius 3 is 2.89 bits per heavy atom. The minimum atomic E-state index is -0.585. The molecule has 0 aliphatic heterocycles. The number of carbonyl (C=O) groups excluding carboxylic acids is 1. The Balaban J connectivity index is 2.95. The second kappa shape index (κ2) is 6.03. The molecule has 0 bridgehead atoms. The second-order valence-corrected chi connectivity index (χ2v) is 4.11. The molecule has 1 N–H and O–H groups in total.